The quantitative estimate of drug-likeness (QED) is 0.829. The summed E-state index contributed by atoms with van der Waals surface area (Å²) in [6.45, 7) is 5.70. The van der Waals surface area contributed by atoms with Gasteiger partial charge in [0.15, 0.2) is 0 Å². The van der Waals surface area contributed by atoms with E-state index in [0.29, 0.717) is 17.4 Å². The topological polar surface area (TPSA) is 64.8 Å². The Labute approximate surface area is 177 Å². The van der Waals surface area contributed by atoms with Crippen LogP contribution in [0.3, 0.4) is 0 Å². The van der Waals surface area contributed by atoms with Gasteiger partial charge in [0.05, 0.1) is 17.4 Å². The monoisotopic (exact) mass is 409 g/mol. The minimum atomic E-state index is -0.291. The third-order valence-electron chi connectivity index (χ3n) is 7.29. The van der Waals surface area contributed by atoms with Gasteiger partial charge in [-0.25, -0.2) is 4.68 Å². The van der Waals surface area contributed by atoms with E-state index in [0.717, 1.165) is 57.8 Å². The van der Waals surface area contributed by atoms with Gasteiger partial charge < -0.3 is 14.9 Å². The SMILES string of the molecule is CN1CCN([C@@H]2C[C@@H]3CN(C(=O)c4ccccc4-n4cccn4)C[C@@H]3C[C@H]2O)CC1. The van der Waals surface area contributed by atoms with Crippen molar-refractivity contribution in [3.63, 3.8) is 0 Å². The lowest BCUT2D eigenvalue weighted by Gasteiger charge is -2.44. The van der Waals surface area contributed by atoms with Crippen molar-refractivity contribution < 1.29 is 9.90 Å². The lowest BCUT2D eigenvalue weighted by molar-refractivity contribution is -0.0249. The first-order chi connectivity index (χ1) is 14.6. The molecule has 3 aliphatic rings. The smallest absolute Gasteiger partial charge is 0.256 e. The molecule has 7 heteroatoms. The predicted octanol–water partition coefficient (Wildman–Crippen LogP) is 1.33. The van der Waals surface area contributed by atoms with Crippen LogP contribution in [-0.2, 0) is 0 Å². The summed E-state index contributed by atoms with van der Waals surface area (Å²) in [5.74, 6) is 0.935. The highest BCUT2D eigenvalue weighted by Gasteiger charge is 2.45. The number of fused-ring (bicyclic) bond motifs is 1. The van der Waals surface area contributed by atoms with Crippen LogP contribution in [0.5, 0.6) is 0 Å². The zero-order valence-electron chi connectivity index (χ0n) is 17.6. The number of hydrogen-bond donors (Lipinski definition) is 1. The van der Waals surface area contributed by atoms with Gasteiger partial charge in [0.2, 0.25) is 0 Å². The van der Waals surface area contributed by atoms with Crippen molar-refractivity contribution in [2.45, 2.75) is 25.0 Å². The van der Waals surface area contributed by atoms with Gasteiger partial charge in [0, 0.05) is 57.7 Å². The normalized spacial score (nSPS) is 30.4. The zero-order chi connectivity index (χ0) is 20.7. The maximum Gasteiger partial charge on any atom is 0.256 e. The van der Waals surface area contributed by atoms with Crippen LogP contribution in [0.4, 0.5) is 0 Å². The Morgan fingerprint density at radius 3 is 2.50 bits per heavy atom. The van der Waals surface area contributed by atoms with E-state index in [4.69, 9.17) is 0 Å². The van der Waals surface area contributed by atoms with Crippen molar-refractivity contribution in [2.75, 3.05) is 46.3 Å². The number of likely N-dealkylation sites (tertiary alicyclic amines) is 1. The molecule has 1 aromatic heterocycles. The summed E-state index contributed by atoms with van der Waals surface area (Å²) in [4.78, 5) is 20.2. The fourth-order valence-electron chi connectivity index (χ4n) is 5.56. The minimum absolute atomic E-state index is 0.0705. The largest absolute Gasteiger partial charge is 0.391 e. The number of benzene rings is 1. The molecule has 1 saturated carbocycles. The number of carbonyl (C=O) groups is 1. The summed E-state index contributed by atoms with van der Waals surface area (Å²) in [6, 6.07) is 9.78. The van der Waals surface area contributed by atoms with Gasteiger partial charge in [-0.05, 0) is 49.9 Å². The van der Waals surface area contributed by atoms with Crippen LogP contribution in [0.25, 0.3) is 5.69 Å². The highest BCUT2D eigenvalue weighted by molar-refractivity contribution is 5.98. The van der Waals surface area contributed by atoms with E-state index in [1.54, 1.807) is 10.9 Å². The molecule has 3 fully saturated rings. The molecule has 160 valence electrons. The molecule has 2 aromatic rings. The van der Waals surface area contributed by atoms with Gasteiger partial charge in [-0.1, -0.05) is 12.1 Å². The number of aliphatic hydroxyl groups excluding tert-OH is 1. The molecule has 5 rings (SSSR count). The fourth-order valence-corrected chi connectivity index (χ4v) is 5.56. The number of piperazine rings is 1. The zero-order valence-corrected chi connectivity index (χ0v) is 17.6. The number of likely N-dealkylation sites (N-methyl/N-ethyl adjacent to an activating group) is 1. The molecule has 2 aliphatic heterocycles. The Hall–Kier alpha value is -2.22. The van der Waals surface area contributed by atoms with Crippen molar-refractivity contribution in [2.24, 2.45) is 11.8 Å². The van der Waals surface area contributed by atoms with Crippen molar-refractivity contribution in [3.05, 3.63) is 48.3 Å². The van der Waals surface area contributed by atoms with Crippen molar-refractivity contribution in [1.29, 1.82) is 0 Å². The average molecular weight is 410 g/mol. The van der Waals surface area contributed by atoms with Crippen LogP contribution >= 0.6 is 0 Å². The minimum Gasteiger partial charge on any atom is -0.391 e. The fraction of sp³-hybridized carbons (Fsp3) is 0.565. The summed E-state index contributed by atoms with van der Waals surface area (Å²) >= 11 is 0. The second-order valence-electron chi connectivity index (χ2n) is 9.14. The second-order valence-corrected chi connectivity index (χ2v) is 9.14. The van der Waals surface area contributed by atoms with Crippen LogP contribution in [-0.4, -0.2) is 94.0 Å². The molecule has 0 radical (unpaired) electrons. The van der Waals surface area contributed by atoms with Crippen molar-refractivity contribution in [3.8, 4) is 5.69 Å². The first-order valence-electron chi connectivity index (χ1n) is 11.1. The van der Waals surface area contributed by atoms with Crippen LogP contribution in [0.2, 0.25) is 0 Å². The van der Waals surface area contributed by atoms with Crippen LogP contribution in [0.1, 0.15) is 23.2 Å². The summed E-state index contributed by atoms with van der Waals surface area (Å²) < 4.78 is 1.75. The van der Waals surface area contributed by atoms with E-state index >= 15 is 0 Å². The molecular formula is C23H31N5O2. The second kappa shape index (κ2) is 8.13. The highest BCUT2D eigenvalue weighted by atomic mass is 16.3. The number of aliphatic hydroxyl groups is 1. The molecule has 30 heavy (non-hydrogen) atoms. The number of aromatic nitrogens is 2. The Morgan fingerprint density at radius 1 is 1.03 bits per heavy atom. The standard InChI is InChI=1S/C23H31N5O2/c1-25-9-11-26(12-10-25)21-13-17-15-27(16-18(17)14-22(21)29)23(30)19-5-2-3-6-20(19)28-8-4-7-24-28/h2-8,17-18,21-22,29H,9-16H2,1H3/t17-,18+,21-,22-/m1/s1. The van der Waals surface area contributed by atoms with E-state index in [1.165, 1.54) is 0 Å². The van der Waals surface area contributed by atoms with Crippen LogP contribution in [0.15, 0.2) is 42.7 Å². The Bertz CT molecular complexity index is 877. The van der Waals surface area contributed by atoms with Gasteiger partial charge in [-0.15, -0.1) is 0 Å². The molecule has 2 saturated heterocycles. The van der Waals surface area contributed by atoms with Gasteiger partial charge in [-0.2, -0.15) is 5.10 Å². The summed E-state index contributed by atoms with van der Waals surface area (Å²) in [7, 11) is 2.16. The maximum absolute atomic E-state index is 13.4. The Balaban J connectivity index is 1.30. The van der Waals surface area contributed by atoms with E-state index in [9.17, 15) is 9.90 Å². The van der Waals surface area contributed by atoms with Gasteiger partial charge in [-0.3, -0.25) is 9.69 Å². The third-order valence-corrected chi connectivity index (χ3v) is 7.29. The summed E-state index contributed by atoms with van der Waals surface area (Å²) in [5, 5.41) is 15.2. The molecule has 0 spiro atoms. The van der Waals surface area contributed by atoms with E-state index in [1.807, 2.05) is 41.4 Å². The first kappa shape index (κ1) is 19.7. The van der Waals surface area contributed by atoms with Crippen molar-refractivity contribution >= 4 is 5.91 Å². The number of carbonyl (C=O) groups excluding carboxylic acids is 1. The van der Waals surface area contributed by atoms with Gasteiger partial charge >= 0.3 is 0 Å². The Kier molecular flexibility index (Phi) is 5.35. The third kappa shape index (κ3) is 3.66. The van der Waals surface area contributed by atoms with Gasteiger partial charge in [0.1, 0.15) is 0 Å². The van der Waals surface area contributed by atoms with Crippen LogP contribution in [0, 0.1) is 11.8 Å². The predicted molar refractivity (Wildman–Crippen MR) is 115 cm³/mol. The number of nitrogens with zero attached hydrogens (tertiary/aromatic N) is 5. The maximum atomic E-state index is 13.4. The molecule has 0 bridgehead atoms. The lowest BCUT2D eigenvalue weighted by Crippen LogP contribution is -2.55. The molecular weight excluding hydrogens is 378 g/mol. The molecule has 7 nitrogen and oxygen atoms in total. The number of rotatable bonds is 3. The molecule has 1 aromatic carbocycles. The number of hydrogen-bond acceptors (Lipinski definition) is 5. The molecule has 1 N–H and O–H groups in total. The van der Waals surface area contributed by atoms with E-state index in [2.05, 4.69) is 21.9 Å². The number of para-hydroxylation sites is 1. The molecule has 3 heterocycles. The molecule has 0 unspecified atom stereocenters. The number of amides is 1. The van der Waals surface area contributed by atoms with Crippen molar-refractivity contribution in [1.82, 2.24) is 24.5 Å². The summed E-state index contributed by atoms with van der Waals surface area (Å²) in [6.07, 6.45) is 5.09. The van der Waals surface area contributed by atoms with E-state index < -0.39 is 0 Å². The summed E-state index contributed by atoms with van der Waals surface area (Å²) in [5.41, 5.74) is 1.51. The molecule has 1 aliphatic carbocycles. The average Bonchev–Trinajstić information content (AvgIpc) is 3.43. The molecule has 1 amide bonds. The molecule has 4 atom stereocenters. The highest BCUT2D eigenvalue weighted by Crippen LogP contribution is 2.39. The Morgan fingerprint density at radius 2 is 1.77 bits per heavy atom. The lowest BCUT2D eigenvalue weighted by atomic mass is 9.77. The van der Waals surface area contributed by atoms with Gasteiger partial charge in [0.25, 0.3) is 5.91 Å². The van der Waals surface area contributed by atoms with E-state index in [-0.39, 0.29) is 18.1 Å². The first-order valence-corrected chi connectivity index (χ1v) is 11.1. The van der Waals surface area contributed by atoms with Crippen LogP contribution < -0.4 is 0 Å².